The van der Waals surface area contributed by atoms with Crippen LogP contribution in [0, 0.1) is 10.8 Å². The second kappa shape index (κ2) is 7.69. The van der Waals surface area contributed by atoms with Crippen LogP contribution in [0.5, 0.6) is 5.75 Å². The standard InChI is InChI=1S/C29H34O2S2/c1-27(2)14-28(3,4)16-29(15-27)22-8-17(13-32)6-7-19(22)26-21-9-18(12-30)25(33-5)10-20(21)24(31)11-23(26)29/h6-11,30-32H,12-16H2,1-5H3. The average molecular weight is 479 g/mol. The fraction of sp³-hybridized carbons (Fsp3) is 0.448. The number of aliphatic hydroxyl groups is 1. The number of hydrogen-bond acceptors (Lipinski definition) is 4. The van der Waals surface area contributed by atoms with Crippen molar-refractivity contribution < 1.29 is 10.2 Å². The minimum Gasteiger partial charge on any atom is -0.507 e. The molecule has 2 aliphatic carbocycles. The first kappa shape index (κ1) is 23.1. The molecule has 2 nitrogen and oxygen atoms in total. The van der Waals surface area contributed by atoms with Crippen molar-refractivity contribution in [1.29, 1.82) is 0 Å². The molecule has 4 heteroatoms. The molecular formula is C29H34O2S2. The molecule has 0 aromatic heterocycles. The number of rotatable bonds is 3. The summed E-state index contributed by atoms with van der Waals surface area (Å²) < 4.78 is 0. The van der Waals surface area contributed by atoms with Crippen LogP contribution in [0.1, 0.15) is 69.2 Å². The summed E-state index contributed by atoms with van der Waals surface area (Å²) in [5.74, 6) is 1.05. The summed E-state index contributed by atoms with van der Waals surface area (Å²) in [5.41, 5.74) is 7.52. The number of hydrogen-bond donors (Lipinski definition) is 3. The number of thiol groups is 1. The molecular weight excluding hydrogens is 444 g/mol. The zero-order valence-corrected chi connectivity index (χ0v) is 22.0. The molecule has 2 N–H and O–H groups in total. The number of benzene rings is 3. The Kier molecular flexibility index (Phi) is 5.39. The zero-order chi connectivity index (χ0) is 23.8. The van der Waals surface area contributed by atoms with E-state index < -0.39 is 0 Å². The molecule has 2 aliphatic rings. The van der Waals surface area contributed by atoms with Gasteiger partial charge in [0.2, 0.25) is 0 Å². The van der Waals surface area contributed by atoms with Crippen LogP contribution in [0.3, 0.4) is 0 Å². The normalized spacial score (nSPS) is 19.6. The first-order chi connectivity index (χ1) is 15.5. The van der Waals surface area contributed by atoms with Gasteiger partial charge in [-0.2, -0.15) is 12.6 Å². The zero-order valence-electron chi connectivity index (χ0n) is 20.2. The summed E-state index contributed by atoms with van der Waals surface area (Å²) in [6, 6.07) is 13.0. The van der Waals surface area contributed by atoms with Crippen molar-refractivity contribution in [3.63, 3.8) is 0 Å². The topological polar surface area (TPSA) is 40.5 Å². The van der Waals surface area contributed by atoms with Crippen LogP contribution in [-0.2, 0) is 17.8 Å². The van der Waals surface area contributed by atoms with Gasteiger partial charge in [-0.05, 0) is 93.3 Å². The third-order valence-electron chi connectivity index (χ3n) is 7.77. The molecule has 33 heavy (non-hydrogen) atoms. The van der Waals surface area contributed by atoms with E-state index in [1.54, 1.807) is 11.8 Å². The molecule has 5 rings (SSSR count). The first-order valence-corrected chi connectivity index (χ1v) is 13.6. The Morgan fingerprint density at radius 1 is 0.909 bits per heavy atom. The predicted octanol–water partition coefficient (Wildman–Crippen LogP) is 7.69. The highest BCUT2D eigenvalue weighted by molar-refractivity contribution is 7.98. The summed E-state index contributed by atoms with van der Waals surface area (Å²) in [4.78, 5) is 1.01. The summed E-state index contributed by atoms with van der Waals surface area (Å²) in [6.07, 6.45) is 5.31. The van der Waals surface area contributed by atoms with Crippen LogP contribution in [0.4, 0.5) is 0 Å². The second-order valence-electron chi connectivity index (χ2n) is 11.7. The molecule has 0 amide bonds. The van der Waals surface area contributed by atoms with Gasteiger partial charge in [-0.25, -0.2) is 0 Å². The maximum atomic E-state index is 11.3. The van der Waals surface area contributed by atoms with Gasteiger partial charge in [-0.3, -0.25) is 0 Å². The molecule has 1 fully saturated rings. The number of aromatic hydroxyl groups is 1. The maximum absolute atomic E-state index is 11.3. The minimum atomic E-state index is -0.141. The van der Waals surface area contributed by atoms with Crippen LogP contribution in [0.2, 0.25) is 0 Å². The molecule has 0 aliphatic heterocycles. The van der Waals surface area contributed by atoms with E-state index in [4.69, 9.17) is 0 Å². The number of fused-ring (bicyclic) bond motifs is 7. The molecule has 1 spiro atoms. The predicted molar refractivity (Wildman–Crippen MR) is 144 cm³/mol. The van der Waals surface area contributed by atoms with E-state index in [9.17, 15) is 10.2 Å². The molecule has 0 atom stereocenters. The largest absolute Gasteiger partial charge is 0.507 e. The summed E-state index contributed by atoms with van der Waals surface area (Å²) in [5, 5.41) is 23.3. The Labute approximate surface area is 207 Å². The molecule has 0 radical (unpaired) electrons. The monoisotopic (exact) mass is 478 g/mol. The van der Waals surface area contributed by atoms with Crippen molar-refractivity contribution in [3.8, 4) is 16.9 Å². The van der Waals surface area contributed by atoms with Crippen molar-refractivity contribution in [2.24, 2.45) is 10.8 Å². The Balaban J connectivity index is 1.91. The summed E-state index contributed by atoms with van der Waals surface area (Å²) in [6.45, 7) is 9.57. The van der Waals surface area contributed by atoms with E-state index in [2.05, 4.69) is 70.7 Å². The van der Waals surface area contributed by atoms with E-state index in [0.29, 0.717) is 11.5 Å². The van der Waals surface area contributed by atoms with Crippen LogP contribution in [0.15, 0.2) is 41.3 Å². The Morgan fingerprint density at radius 3 is 2.21 bits per heavy atom. The third kappa shape index (κ3) is 3.52. The highest BCUT2D eigenvalue weighted by Gasteiger charge is 2.53. The number of phenols is 1. The lowest BCUT2D eigenvalue weighted by atomic mass is 9.52. The van der Waals surface area contributed by atoms with Crippen LogP contribution in [-0.4, -0.2) is 16.5 Å². The lowest BCUT2D eigenvalue weighted by Crippen LogP contribution is -2.43. The number of aliphatic hydroxyl groups excluding tert-OH is 1. The Hall–Kier alpha value is -1.62. The van der Waals surface area contributed by atoms with Crippen LogP contribution < -0.4 is 0 Å². The SMILES string of the molecule is CSc1cc2c(O)cc3c(c2cc1CO)-c1ccc(CS)cc1C31CC(C)(C)CC(C)(C)C1. The number of thioether (sulfide) groups is 1. The molecule has 0 bridgehead atoms. The van der Waals surface area contributed by atoms with Gasteiger partial charge in [0.1, 0.15) is 5.75 Å². The van der Waals surface area contributed by atoms with Crippen molar-refractivity contribution in [3.05, 3.63) is 58.7 Å². The molecule has 0 heterocycles. The molecule has 0 unspecified atom stereocenters. The summed E-state index contributed by atoms with van der Waals surface area (Å²) >= 11 is 6.19. The van der Waals surface area contributed by atoms with Crippen LogP contribution >= 0.6 is 24.4 Å². The van der Waals surface area contributed by atoms with E-state index >= 15 is 0 Å². The van der Waals surface area contributed by atoms with Gasteiger partial charge in [-0.15, -0.1) is 11.8 Å². The van der Waals surface area contributed by atoms with Gasteiger partial charge in [-0.1, -0.05) is 45.9 Å². The average Bonchev–Trinajstić information content (AvgIpc) is 2.98. The fourth-order valence-electron chi connectivity index (χ4n) is 7.40. The highest BCUT2D eigenvalue weighted by Crippen LogP contribution is 2.65. The van der Waals surface area contributed by atoms with E-state index in [0.717, 1.165) is 34.1 Å². The van der Waals surface area contributed by atoms with E-state index in [1.807, 2.05) is 12.3 Å². The van der Waals surface area contributed by atoms with Crippen molar-refractivity contribution in [1.82, 2.24) is 0 Å². The molecule has 1 saturated carbocycles. The van der Waals surface area contributed by atoms with Crippen molar-refractivity contribution in [2.45, 2.75) is 69.6 Å². The fourth-order valence-corrected chi connectivity index (χ4v) is 8.22. The third-order valence-corrected chi connectivity index (χ3v) is 8.96. The van der Waals surface area contributed by atoms with Gasteiger partial charge >= 0.3 is 0 Å². The molecule has 0 saturated heterocycles. The van der Waals surface area contributed by atoms with Crippen molar-refractivity contribution in [2.75, 3.05) is 6.26 Å². The van der Waals surface area contributed by atoms with E-state index in [1.165, 1.54) is 34.2 Å². The first-order valence-electron chi connectivity index (χ1n) is 11.8. The van der Waals surface area contributed by atoms with E-state index in [-0.39, 0.29) is 22.9 Å². The maximum Gasteiger partial charge on any atom is 0.123 e. The molecule has 3 aromatic rings. The lowest BCUT2D eigenvalue weighted by Gasteiger charge is -2.51. The van der Waals surface area contributed by atoms with Gasteiger partial charge in [0, 0.05) is 21.4 Å². The summed E-state index contributed by atoms with van der Waals surface area (Å²) in [7, 11) is 0. The highest BCUT2D eigenvalue weighted by atomic mass is 32.2. The van der Waals surface area contributed by atoms with Crippen LogP contribution in [0.25, 0.3) is 21.9 Å². The minimum absolute atomic E-state index is 0.00675. The van der Waals surface area contributed by atoms with Gasteiger partial charge in [0.05, 0.1) is 6.61 Å². The smallest absolute Gasteiger partial charge is 0.123 e. The quantitative estimate of drug-likeness (QED) is 0.267. The number of phenolic OH excluding ortho intramolecular Hbond substituents is 1. The second-order valence-corrected chi connectivity index (χ2v) is 12.8. The Morgan fingerprint density at radius 2 is 1.61 bits per heavy atom. The van der Waals surface area contributed by atoms with Crippen molar-refractivity contribution >= 4 is 35.2 Å². The molecule has 174 valence electrons. The molecule has 3 aromatic carbocycles. The lowest BCUT2D eigenvalue weighted by molar-refractivity contribution is 0.0645. The van der Waals surface area contributed by atoms with Gasteiger partial charge in [0.15, 0.2) is 0 Å². The van der Waals surface area contributed by atoms with Gasteiger partial charge < -0.3 is 10.2 Å². The Bertz CT molecular complexity index is 1260. The van der Waals surface area contributed by atoms with Gasteiger partial charge in [0.25, 0.3) is 0 Å².